The Hall–Kier alpha value is -2.61. The standard InChI is InChI=1S/C19H28N6O2/c1-3-15-17(21-2)22-12-23-18(15)24-14-5-4-8-25(11-14)19(26)16(20)13-6-9-27-10-7-13/h3,12,14H,1,4-11,20H2,2H3,(H2,21,22,23,24)/t14-/m1/s1. The van der Waals surface area contributed by atoms with E-state index in [4.69, 9.17) is 10.5 Å². The summed E-state index contributed by atoms with van der Waals surface area (Å²) in [4.78, 5) is 23.2. The highest BCUT2D eigenvalue weighted by Crippen LogP contribution is 2.24. The van der Waals surface area contributed by atoms with Gasteiger partial charge in [-0.3, -0.25) is 4.79 Å². The van der Waals surface area contributed by atoms with Crippen LogP contribution in [-0.4, -0.2) is 60.2 Å². The number of anilines is 2. The third-order valence-electron chi connectivity index (χ3n) is 5.08. The maximum atomic E-state index is 12.8. The molecule has 0 bridgehead atoms. The second kappa shape index (κ2) is 8.85. The fourth-order valence-corrected chi connectivity index (χ4v) is 3.58. The van der Waals surface area contributed by atoms with Crippen molar-refractivity contribution in [2.24, 2.45) is 5.73 Å². The van der Waals surface area contributed by atoms with Crippen LogP contribution in [-0.2, 0) is 9.53 Å². The lowest BCUT2D eigenvalue weighted by atomic mass is 10.0. The third-order valence-corrected chi connectivity index (χ3v) is 5.08. The van der Waals surface area contributed by atoms with E-state index in [9.17, 15) is 4.79 Å². The van der Waals surface area contributed by atoms with Crippen LogP contribution in [0.1, 0.15) is 31.2 Å². The van der Waals surface area contributed by atoms with Crippen molar-refractivity contribution in [2.75, 3.05) is 44.0 Å². The number of aromatic nitrogens is 2. The van der Waals surface area contributed by atoms with E-state index < -0.39 is 0 Å². The van der Waals surface area contributed by atoms with Gasteiger partial charge in [0.15, 0.2) is 0 Å². The normalized spacial score (nSPS) is 20.1. The number of carbonyl (C=O) groups is 1. The Labute approximate surface area is 159 Å². The van der Waals surface area contributed by atoms with E-state index >= 15 is 0 Å². The molecule has 1 atom stereocenters. The molecule has 1 aromatic rings. The summed E-state index contributed by atoms with van der Waals surface area (Å²) in [6, 6.07) is 0.105. The second-order valence-corrected chi connectivity index (χ2v) is 6.80. The molecule has 3 heterocycles. The first-order valence-corrected chi connectivity index (χ1v) is 9.40. The molecule has 0 aliphatic carbocycles. The van der Waals surface area contributed by atoms with E-state index in [1.54, 1.807) is 6.08 Å². The first kappa shape index (κ1) is 19.2. The predicted molar refractivity (Wildman–Crippen MR) is 106 cm³/mol. The quantitative estimate of drug-likeness (QED) is 0.674. The molecule has 27 heavy (non-hydrogen) atoms. The summed E-state index contributed by atoms with van der Waals surface area (Å²) in [6.45, 7) is 6.45. The molecule has 0 radical (unpaired) electrons. The van der Waals surface area contributed by atoms with Gasteiger partial charge in [-0.2, -0.15) is 0 Å². The molecular weight excluding hydrogens is 344 g/mol. The van der Waals surface area contributed by atoms with Crippen molar-refractivity contribution in [2.45, 2.75) is 31.7 Å². The maximum Gasteiger partial charge on any atom is 0.269 e. The van der Waals surface area contributed by atoms with E-state index in [1.807, 2.05) is 11.9 Å². The second-order valence-electron chi connectivity index (χ2n) is 6.80. The van der Waals surface area contributed by atoms with E-state index in [2.05, 4.69) is 27.2 Å². The van der Waals surface area contributed by atoms with E-state index in [0.29, 0.717) is 25.5 Å². The van der Waals surface area contributed by atoms with Gasteiger partial charge in [0.05, 0.1) is 24.5 Å². The highest BCUT2D eigenvalue weighted by Gasteiger charge is 2.27. The Kier molecular flexibility index (Phi) is 6.28. The van der Waals surface area contributed by atoms with Crippen molar-refractivity contribution in [3.8, 4) is 0 Å². The summed E-state index contributed by atoms with van der Waals surface area (Å²) in [5, 5.41) is 6.49. The lowest BCUT2D eigenvalue weighted by molar-refractivity contribution is -0.128. The van der Waals surface area contributed by atoms with Crippen molar-refractivity contribution < 1.29 is 9.53 Å². The monoisotopic (exact) mass is 372 g/mol. The molecule has 0 saturated carbocycles. The van der Waals surface area contributed by atoms with Gasteiger partial charge in [0, 0.05) is 26.2 Å². The van der Waals surface area contributed by atoms with Crippen LogP contribution in [0.25, 0.3) is 6.08 Å². The minimum Gasteiger partial charge on any atom is -0.394 e. The molecule has 0 spiro atoms. The summed E-state index contributed by atoms with van der Waals surface area (Å²) in [7, 11) is 1.81. The van der Waals surface area contributed by atoms with Crippen molar-refractivity contribution in [1.82, 2.24) is 14.9 Å². The fraction of sp³-hybridized carbons (Fsp3) is 0.526. The van der Waals surface area contributed by atoms with Gasteiger partial charge in [-0.05, 0) is 31.3 Å². The molecule has 146 valence electrons. The van der Waals surface area contributed by atoms with Crippen molar-refractivity contribution in [3.05, 3.63) is 29.7 Å². The molecule has 4 N–H and O–H groups in total. The molecule has 2 aliphatic heterocycles. The first-order valence-electron chi connectivity index (χ1n) is 9.40. The molecule has 2 aliphatic rings. The topological polar surface area (TPSA) is 105 Å². The number of carbonyl (C=O) groups excluding carboxylic acids is 1. The van der Waals surface area contributed by atoms with Gasteiger partial charge >= 0.3 is 0 Å². The number of nitrogens with one attached hydrogen (secondary N) is 2. The maximum absolute atomic E-state index is 12.8. The zero-order valence-corrected chi connectivity index (χ0v) is 15.8. The van der Waals surface area contributed by atoms with Crippen molar-refractivity contribution >= 4 is 23.6 Å². The van der Waals surface area contributed by atoms with Gasteiger partial charge in [0.1, 0.15) is 18.0 Å². The van der Waals surface area contributed by atoms with E-state index in [0.717, 1.165) is 55.0 Å². The van der Waals surface area contributed by atoms with E-state index in [1.165, 1.54) is 6.33 Å². The van der Waals surface area contributed by atoms with Gasteiger partial charge in [0.2, 0.25) is 0 Å². The zero-order chi connectivity index (χ0) is 19.2. The number of nitrogens with two attached hydrogens (primary N) is 1. The number of rotatable bonds is 5. The Balaban J connectivity index is 1.69. The molecule has 8 nitrogen and oxygen atoms in total. The first-order chi connectivity index (χ1) is 13.1. The van der Waals surface area contributed by atoms with E-state index in [-0.39, 0.29) is 11.9 Å². The van der Waals surface area contributed by atoms with Gasteiger partial charge in [0.25, 0.3) is 5.91 Å². The molecule has 8 heteroatoms. The van der Waals surface area contributed by atoms with Crippen LogP contribution >= 0.6 is 0 Å². The van der Waals surface area contributed by atoms with Crippen LogP contribution in [0, 0.1) is 0 Å². The number of hydrogen-bond acceptors (Lipinski definition) is 7. The minimum absolute atomic E-state index is 0.0686. The molecule has 1 aromatic heterocycles. The van der Waals surface area contributed by atoms with Gasteiger partial charge in [-0.25, -0.2) is 9.97 Å². The summed E-state index contributed by atoms with van der Waals surface area (Å²) in [5.41, 5.74) is 8.41. The Morgan fingerprint density at radius 3 is 2.81 bits per heavy atom. The number of nitrogens with zero attached hydrogens (tertiary/aromatic N) is 3. The Morgan fingerprint density at radius 2 is 2.11 bits per heavy atom. The minimum atomic E-state index is -0.0686. The molecule has 2 saturated heterocycles. The number of ether oxygens (including phenoxy) is 1. The predicted octanol–water partition coefficient (Wildman–Crippen LogP) is 1.59. The number of likely N-dealkylation sites (tertiary alicyclic amines) is 1. The number of piperidine rings is 1. The van der Waals surface area contributed by atoms with Crippen molar-refractivity contribution in [3.63, 3.8) is 0 Å². The number of amides is 1. The van der Waals surface area contributed by atoms with Crippen LogP contribution in [0.15, 0.2) is 24.2 Å². The highest BCUT2D eigenvalue weighted by molar-refractivity contribution is 5.93. The molecular formula is C19H28N6O2. The smallest absolute Gasteiger partial charge is 0.269 e. The third kappa shape index (κ3) is 4.39. The average molecular weight is 372 g/mol. The fourth-order valence-electron chi connectivity index (χ4n) is 3.58. The summed E-state index contributed by atoms with van der Waals surface area (Å²) in [6.07, 6.45) is 6.60. The molecule has 0 unspecified atom stereocenters. The number of hydrogen-bond donors (Lipinski definition) is 3. The van der Waals surface area contributed by atoms with Gasteiger partial charge in [-0.1, -0.05) is 12.7 Å². The van der Waals surface area contributed by atoms with Crippen LogP contribution in [0.5, 0.6) is 0 Å². The largest absolute Gasteiger partial charge is 0.394 e. The summed E-state index contributed by atoms with van der Waals surface area (Å²) in [5.74, 6) is 1.38. The van der Waals surface area contributed by atoms with Crippen LogP contribution in [0.4, 0.5) is 11.6 Å². The molecule has 1 amide bonds. The lowest BCUT2D eigenvalue weighted by Crippen LogP contribution is -2.47. The highest BCUT2D eigenvalue weighted by atomic mass is 16.5. The SMILES string of the molecule is C=Cc1c(NC)ncnc1N[C@@H]1CCCN(C(=O)C(N)=C2CCOCC2)C1. The molecule has 2 fully saturated rings. The van der Waals surface area contributed by atoms with Gasteiger partial charge < -0.3 is 26.0 Å². The van der Waals surface area contributed by atoms with Crippen LogP contribution < -0.4 is 16.4 Å². The Morgan fingerprint density at radius 1 is 1.37 bits per heavy atom. The molecule has 0 aromatic carbocycles. The summed E-state index contributed by atoms with van der Waals surface area (Å²) < 4.78 is 5.35. The molecule has 3 rings (SSSR count). The van der Waals surface area contributed by atoms with Gasteiger partial charge in [-0.15, -0.1) is 0 Å². The average Bonchev–Trinajstić information content (AvgIpc) is 2.73. The summed E-state index contributed by atoms with van der Waals surface area (Å²) >= 11 is 0. The van der Waals surface area contributed by atoms with Crippen LogP contribution in [0.3, 0.4) is 0 Å². The lowest BCUT2D eigenvalue weighted by Gasteiger charge is -2.34. The van der Waals surface area contributed by atoms with Crippen LogP contribution in [0.2, 0.25) is 0 Å². The Bertz CT molecular complexity index is 725. The van der Waals surface area contributed by atoms with Crippen molar-refractivity contribution in [1.29, 1.82) is 0 Å². The zero-order valence-electron chi connectivity index (χ0n) is 15.8.